The monoisotopic (exact) mass is 391 g/mol. The van der Waals surface area contributed by atoms with E-state index in [0.29, 0.717) is 21.2 Å². The number of nitrogens with zero attached hydrogens (tertiary/aromatic N) is 4. The van der Waals surface area contributed by atoms with Crippen molar-refractivity contribution in [2.75, 3.05) is 7.05 Å². The number of nitrogens with one attached hydrogen (secondary N) is 2. The number of rotatable bonds is 4. The first-order chi connectivity index (χ1) is 13.8. The quantitative estimate of drug-likeness (QED) is 0.354. The van der Waals surface area contributed by atoms with Gasteiger partial charge in [-0.25, -0.2) is 0 Å². The summed E-state index contributed by atoms with van der Waals surface area (Å²) in [5, 5.41) is 20.4. The van der Waals surface area contributed by atoms with Crippen LogP contribution in [0.2, 0.25) is 0 Å². The Balaban J connectivity index is 2.07. The number of halogens is 2. The minimum Gasteiger partial charge on any atom is -0.404 e. The molecular weight excluding hydrogens is 375 g/mol. The summed E-state index contributed by atoms with van der Waals surface area (Å²) in [6.07, 6.45) is 2.62. The van der Waals surface area contributed by atoms with Gasteiger partial charge in [0.05, 0.1) is 11.2 Å². The standard InChI is InChI=1S/C19H16BF2N7/c1-26-10-12(9-23)15-5-7-17(24)29(28-15)18(25)19(21,22)13-3-4-14-11(8-13)2-6-16(20)27-14/h2-10,24-25H,23H2,1H3. The Bertz CT molecular complexity index is 1210. The summed E-state index contributed by atoms with van der Waals surface area (Å²) in [6, 6.07) is 9.60. The van der Waals surface area contributed by atoms with Crippen molar-refractivity contribution in [1.29, 1.82) is 10.8 Å². The Morgan fingerprint density at radius 2 is 2.00 bits per heavy atom. The van der Waals surface area contributed by atoms with Crippen molar-refractivity contribution in [3.8, 4) is 0 Å². The summed E-state index contributed by atoms with van der Waals surface area (Å²) < 4.78 is 30.8. The van der Waals surface area contributed by atoms with Crippen molar-refractivity contribution in [2.45, 2.75) is 5.92 Å². The van der Waals surface area contributed by atoms with Crippen molar-refractivity contribution >= 4 is 42.0 Å². The molecule has 144 valence electrons. The zero-order chi connectivity index (χ0) is 21.2. The number of hydrogen-bond acceptors (Lipinski definition) is 6. The smallest absolute Gasteiger partial charge is 0.331 e. The third-order valence-corrected chi connectivity index (χ3v) is 4.16. The first-order valence-electron chi connectivity index (χ1n) is 8.41. The predicted octanol–water partition coefficient (Wildman–Crippen LogP) is 1.32. The van der Waals surface area contributed by atoms with Gasteiger partial charge >= 0.3 is 5.92 Å². The van der Waals surface area contributed by atoms with Crippen LogP contribution in [0, 0.1) is 10.8 Å². The van der Waals surface area contributed by atoms with Crippen LogP contribution in [0.15, 0.2) is 53.7 Å². The number of allylic oxidation sites excluding steroid dienone is 1. The molecule has 0 amide bonds. The highest BCUT2D eigenvalue weighted by Crippen LogP contribution is 2.31. The Morgan fingerprint density at radius 1 is 1.24 bits per heavy atom. The first kappa shape index (κ1) is 20.1. The molecule has 4 N–H and O–H groups in total. The van der Waals surface area contributed by atoms with Gasteiger partial charge in [0.15, 0.2) is 5.84 Å². The first-order valence-corrected chi connectivity index (χ1v) is 8.41. The van der Waals surface area contributed by atoms with Gasteiger partial charge in [-0.05, 0) is 29.9 Å². The molecule has 0 saturated heterocycles. The van der Waals surface area contributed by atoms with Crippen LogP contribution in [0.1, 0.15) is 11.3 Å². The third-order valence-electron chi connectivity index (χ3n) is 4.16. The van der Waals surface area contributed by atoms with E-state index in [0.717, 1.165) is 0 Å². The molecule has 1 aromatic carbocycles. The van der Waals surface area contributed by atoms with Crippen molar-refractivity contribution in [3.63, 3.8) is 0 Å². The molecule has 2 radical (unpaired) electrons. The topological polar surface area (TPSA) is 117 Å². The molecular formula is C19H16BF2N7. The number of pyridine rings is 1. The van der Waals surface area contributed by atoms with Crippen LogP contribution >= 0.6 is 0 Å². The highest BCUT2D eigenvalue weighted by atomic mass is 19.3. The molecule has 0 saturated carbocycles. The summed E-state index contributed by atoms with van der Waals surface area (Å²) in [6.45, 7) is 0. The molecule has 0 aliphatic heterocycles. The molecule has 2 heterocycles. The zero-order valence-electron chi connectivity index (χ0n) is 15.4. The summed E-state index contributed by atoms with van der Waals surface area (Å²) >= 11 is 0. The molecule has 3 aromatic rings. The Hall–Kier alpha value is -3.69. The van der Waals surface area contributed by atoms with Crippen LogP contribution in [0.5, 0.6) is 0 Å². The molecule has 2 aromatic heterocycles. The second kappa shape index (κ2) is 7.74. The van der Waals surface area contributed by atoms with Gasteiger partial charge in [-0.2, -0.15) is 18.6 Å². The van der Waals surface area contributed by atoms with E-state index in [-0.39, 0.29) is 16.8 Å². The van der Waals surface area contributed by atoms with E-state index in [4.69, 9.17) is 24.4 Å². The highest BCUT2D eigenvalue weighted by molar-refractivity contribution is 6.31. The maximum atomic E-state index is 15.1. The van der Waals surface area contributed by atoms with Gasteiger partial charge in [-0.3, -0.25) is 20.8 Å². The van der Waals surface area contributed by atoms with Gasteiger partial charge in [-0.1, -0.05) is 18.2 Å². The number of aliphatic imine (C=N–C) groups is 1. The summed E-state index contributed by atoms with van der Waals surface area (Å²) in [4.78, 5) is 7.90. The molecule has 29 heavy (non-hydrogen) atoms. The fraction of sp³-hybridized carbons (Fsp3) is 0.105. The van der Waals surface area contributed by atoms with E-state index < -0.39 is 17.3 Å². The van der Waals surface area contributed by atoms with Crippen molar-refractivity contribution in [2.24, 2.45) is 10.7 Å². The molecule has 3 rings (SSSR count). The minimum absolute atomic E-state index is 0.202. The number of benzene rings is 1. The normalized spacial score (nSPS) is 12.6. The third kappa shape index (κ3) is 3.82. The maximum absolute atomic E-state index is 15.1. The second-order valence-corrected chi connectivity index (χ2v) is 6.09. The van der Waals surface area contributed by atoms with Crippen LogP contribution in [0.3, 0.4) is 0 Å². The summed E-state index contributed by atoms with van der Waals surface area (Å²) in [5.74, 6) is -4.88. The fourth-order valence-corrected chi connectivity index (χ4v) is 2.69. The average Bonchev–Trinajstić information content (AvgIpc) is 2.71. The van der Waals surface area contributed by atoms with E-state index in [1.165, 1.54) is 55.9 Å². The molecule has 0 unspecified atom stereocenters. The fourth-order valence-electron chi connectivity index (χ4n) is 2.69. The van der Waals surface area contributed by atoms with Gasteiger partial charge in [0, 0.05) is 36.0 Å². The second-order valence-electron chi connectivity index (χ2n) is 6.09. The van der Waals surface area contributed by atoms with Crippen LogP contribution in [-0.2, 0) is 5.92 Å². The summed E-state index contributed by atoms with van der Waals surface area (Å²) in [7, 11) is 7.13. The van der Waals surface area contributed by atoms with Gasteiger partial charge in [0.1, 0.15) is 13.3 Å². The number of alkyl halides is 2. The van der Waals surface area contributed by atoms with Gasteiger partial charge < -0.3 is 5.73 Å². The van der Waals surface area contributed by atoms with E-state index in [2.05, 4.69) is 15.1 Å². The molecule has 0 spiro atoms. The Labute approximate surface area is 166 Å². The molecule has 0 fully saturated rings. The minimum atomic E-state index is -3.72. The van der Waals surface area contributed by atoms with Gasteiger partial charge in [-0.15, -0.1) is 0 Å². The van der Waals surface area contributed by atoms with E-state index in [9.17, 15) is 0 Å². The van der Waals surface area contributed by atoms with E-state index in [1.807, 2.05) is 0 Å². The SMILES string of the molecule is [B]c1ccc2cc(C(F)(F)C(=N)n3nc(C(C=NC)=CN)ccc3=N)ccc2n1. The summed E-state index contributed by atoms with van der Waals surface area (Å²) in [5.41, 5.74) is 6.03. The number of aromatic nitrogens is 3. The molecule has 0 aliphatic rings. The van der Waals surface area contributed by atoms with Crippen LogP contribution < -0.4 is 16.8 Å². The molecule has 10 heteroatoms. The van der Waals surface area contributed by atoms with Gasteiger partial charge in [0.25, 0.3) is 0 Å². The lowest BCUT2D eigenvalue weighted by Crippen LogP contribution is -2.39. The van der Waals surface area contributed by atoms with Crippen molar-refractivity contribution in [1.82, 2.24) is 14.8 Å². The molecule has 0 bridgehead atoms. The molecule has 0 atom stereocenters. The average molecular weight is 391 g/mol. The Kier molecular flexibility index (Phi) is 5.36. The number of hydrogen-bond donors (Lipinski definition) is 3. The maximum Gasteiger partial charge on any atom is 0.331 e. The Morgan fingerprint density at radius 3 is 2.69 bits per heavy atom. The van der Waals surface area contributed by atoms with Gasteiger partial charge in [0.2, 0.25) is 0 Å². The van der Waals surface area contributed by atoms with E-state index >= 15 is 8.78 Å². The lowest BCUT2D eigenvalue weighted by molar-refractivity contribution is 0.0697. The van der Waals surface area contributed by atoms with Crippen molar-refractivity contribution in [3.05, 3.63) is 65.4 Å². The predicted molar refractivity (Wildman–Crippen MR) is 109 cm³/mol. The van der Waals surface area contributed by atoms with Crippen LogP contribution in [0.25, 0.3) is 16.5 Å². The highest BCUT2D eigenvalue weighted by Gasteiger charge is 2.39. The lowest BCUT2D eigenvalue weighted by Gasteiger charge is -2.20. The van der Waals surface area contributed by atoms with Crippen LogP contribution in [-0.4, -0.2) is 41.7 Å². The van der Waals surface area contributed by atoms with Crippen molar-refractivity contribution < 1.29 is 8.78 Å². The largest absolute Gasteiger partial charge is 0.404 e. The van der Waals surface area contributed by atoms with E-state index in [1.54, 1.807) is 6.07 Å². The van der Waals surface area contributed by atoms with Crippen LogP contribution in [0.4, 0.5) is 8.78 Å². The molecule has 0 aliphatic carbocycles. The number of fused-ring (bicyclic) bond motifs is 1. The number of nitrogens with two attached hydrogens (primary N) is 1. The molecule has 7 nitrogen and oxygen atoms in total. The zero-order valence-corrected chi connectivity index (χ0v) is 15.4. The lowest BCUT2D eigenvalue weighted by atomic mass is 10.0.